The Morgan fingerprint density at radius 3 is 2.33 bits per heavy atom. The van der Waals surface area contributed by atoms with Crippen molar-refractivity contribution in [3.8, 4) is 0 Å². The van der Waals surface area contributed by atoms with E-state index >= 15 is 0 Å². The van der Waals surface area contributed by atoms with Crippen molar-refractivity contribution in [3.05, 3.63) is 23.4 Å². The molecule has 0 fully saturated rings. The standard InChI is InChI=1S/C17H28N2O2/c1-11(2)7-8-12(3)18-15-10-13(16(20)21)9-14(19-15)17(4,5)6/h9-12H,7-8H2,1-6H3,(H,18,19)(H,20,21). The molecule has 0 aliphatic rings. The summed E-state index contributed by atoms with van der Waals surface area (Å²) in [6.07, 6.45) is 2.18. The SMILES string of the molecule is CC(C)CCC(C)Nc1cc(C(=O)O)cc(C(C)(C)C)n1. The van der Waals surface area contributed by atoms with Crippen LogP contribution in [0.3, 0.4) is 0 Å². The molecule has 0 saturated heterocycles. The summed E-state index contributed by atoms with van der Waals surface area (Å²) in [6.45, 7) is 12.6. The summed E-state index contributed by atoms with van der Waals surface area (Å²) in [5, 5.41) is 12.6. The number of pyridine rings is 1. The second kappa shape index (κ2) is 6.92. The number of aromatic nitrogens is 1. The number of hydrogen-bond acceptors (Lipinski definition) is 3. The van der Waals surface area contributed by atoms with E-state index in [0.29, 0.717) is 11.7 Å². The molecular weight excluding hydrogens is 264 g/mol. The summed E-state index contributed by atoms with van der Waals surface area (Å²) in [5.41, 5.74) is 0.901. The number of carboxylic acid groups (broad SMARTS) is 1. The number of carboxylic acids is 1. The van der Waals surface area contributed by atoms with E-state index in [1.165, 1.54) is 0 Å². The summed E-state index contributed by atoms with van der Waals surface area (Å²) >= 11 is 0. The Morgan fingerprint density at radius 2 is 1.86 bits per heavy atom. The predicted octanol–water partition coefficient (Wildman–Crippen LogP) is 4.31. The third kappa shape index (κ3) is 5.74. The van der Waals surface area contributed by atoms with Crippen LogP contribution in [0.5, 0.6) is 0 Å². The van der Waals surface area contributed by atoms with Gasteiger partial charge in [0.2, 0.25) is 0 Å². The van der Waals surface area contributed by atoms with Crippen molar-refractivity contribution in [3.63, 3.8) is 0 Å². The van der Waals surface area contributed by atoms with Gasteiger partial charge in [-0.25, -0.2) is 9.78 Å². The molecule has 0 aliphatic heterocycles. The number of rotatable bonds is 6. The maximum absolute atomic E-state index is 11.3. The first kappa shape index (κ1) is 17.5. The maximum atomic E-state index is 11.3. The smallest absolute Gasteiger partial charge is 0.335 e. The van der Waals surface area contributed by atoms with Crippen LogP contribution in [0.4, 0.5) is 5.82 Å². The molecule has 4 heteroatoms. The van der Waals surface area contributed by atoms with Crippen molar-refractivity contribution < 1.29 is 9.90 Å². The molecule has 0 saturated carbocycles. The average molecular weight is 292 g/mol. The van der Waals surface area contributed by atoms with Gasteiger partial charge in [0.25, 0.3) is 0 Å². The number of hydrogen-bond donors (Lipinski definition) is 2. The van der Waals surface area contributed by atoms with Gasteiger partial charge in [-0.05, 0) is 37.8 Å². The molecule has 0 aromatic carbocycles. The second-order valence-corrected chi connectivity index (χ2v) is 7.20. The second-order valence-electron chi connectivity index (χ2n) is 7.20. The lowest BCUT2D eigenvalue weighted by molar-refractivity contribution is 0.0696. The van der Waals surface area contributed by atoms with Crippen LogP contribution in [0.15, 0.2) is 12.1 Å². The zero-order valence-corrected chi connectivity index (χ0v) is 14.0. The molecule has 0 bridgehead atoms. The molecule has 2 N–H and O–H groups in total. The third-order valence-electron chi connectivity index (χ3n) is 3.41. The van der Waals surface area contributed by atoms with Crippen LogP contribution in [0, 0.1) is 5.92 Å². The Kier molecular flexibility index (Phi) is 5.76. The summed E-state index contributed by atoms with van der Waals surface area (Å²) in [4.78, 5) is 15.9. The highest BCUT2D eigenvalue weighted by Gasteiger charge is 2.19. The quantitative estimate of drug-likeness (QED) is 0.820. The van der Waals surface area contributed by atoms with E-state index in [1.807, 2.05) is 20.8 Å². The number of anilines is 1. The predicted molar refractivity (Wildman–Crippen MR) is 87.1 cm³/mol. The molecule has 0 spiro atoms. The fraction of sp³-hybridized carbons (Fsp3) is 0.647. The van der Waals surface area contributed by atoms with Crippen molar-refractivity contribution in [1.29, 1.82) is 0 Å². The molecular formula is C17H28N2O2. The van der Waals surface area contributed by atoms with Crippen LogP contribution in [0.1, 0.15) is 70.4 Å². The van der Waals surface area contributed by atoms with Crippen LogP contribution in [-0.4, -0.2) is 22.1 Å². The Bertz CT molecular complexity index is 490. The Morgan fingerprint density at radius 1 is 1.24 bits per heavy atom. The van der Waals surface area contributed by atoms with Gasteiger partial charge in [-0.3, -0.25) is 0 Å². The van der Waals surface area contributed by atoms with E-state index in [-0.39, 0.29) is 17.0 Å². The Balaban J connectivity index is 2.95. The van der Waals surface area contributed by atoms with Crippen LogP contribution in [-0.2, 0) is 5.41 Å². The minimum absolute atomic E-state index is 0.178. The maximum Gasteiger partial charge on any atom is 0.335 e. The summed E-state index contributed by atoms with van der Waals surface area (Å²) in [7, 11) is 0. The fourth-order valence-corrected chi connectivity index (χ4v) is 2.02. The fourth-order valence-electron chi connectivity index (χ4n) is 2.02. The molecule has 118 valence electrons. The Hall–Kier alpha value is -1.58. The van der Waals surface area contributed by atoms with E-state index < -0.39 is 5.97 Å². The molecule has 1 heterocycles. The molecule has 1 aromatic heterocycles. The molecule has 21 heavy (non-hydrogen) atoms. The number of aromatic carboxylic acids is 1. The molecule has 1 aromatic rings. The summed E-state index contributed by atoms with van der Waals surface area (Å²) < 4.78 is 0. The van der Waals surface area contributed by atoms with Crippen LogP contribution < -0.4 is 5.32 Å². The average Bonchev–Trinajstić information content (AvgIpc) is 2.34. The van der Waals surface area contributed by atoms with Crippen molar-refractivity contribution in [2.24, 2.45) is 5.92 Å². The van der Waals surface area contributed by atoms with Gasteiger partial charge in [0.05, 0.1) is 5.56 Å². The highest BCUT2D eigenvalue weighted by atomic mass is 16.4. The number of nitrogens with zero attached hydrogens (tertiary/aromatic N) is 1. The zero-order valence-electron chi connectivity index (χ0n) is 14.0. The molecule has 0 amide bonds. The molecule has 4 nitrogen and oxygen atoms in total. The van der Waals surface area contributed by atoms with E-state index in [4.69, 9.17) is 0 Å². The van der Waals surface area contributed by atoms with Gasteiger partial charge < -0.3 is 10.4 Å². The summed E-state index contributed by atoms with van der Waals surface area (Å²) in [5.74, 6) is 0.398. The molecule has 1 unspecified atom stereocenters. The van der Waals surface area contributed by atoms with Crippen molar-refractivity contribution >= 4 is 11.8 Å². The van der Waals surface area contributed by atoms with E-state index in [1.54, 1.807) is 12.1 Å². The Labute approximate surface area is 128 Å². The van der Waals surface area contributed by atoms with Gasteiger partial charge in [0, 0.05) is 17.2 Å². The summed E-state index contributed by atoms with van der Waals surface area (Å²) in [6, 6.07) is 3.55. The number of carbonyl (C=O) groups is 1. The van der Waals surface area contributed by atoms with Gasteiger partial charge in [0.15, 0.2) is 0 Å². The largest absolute Gasteiger partial charge is 0.478 e. The molecule has 1 atom stereocenters. The minimum Gasteiger partial charge on any atom is -0.478 e. The van der Waals surface area contributed by atoms with Crippen LogP contribution in [0.2, 0.25) is 0 Å². The van der Waals surface area contributed by atoms with Crippen molar-refractivity contribution in [2.45, 2.75) is 65.8 Å². The lowest BCUT2D eigenvalue weighted by atomic mass is 9.90. The van der Waals surface area contributed by atoms with E-state index in [2.05, 4.69) is 31.1 Å². The topological polar surface area (TPSA) is 62.2 Å². The molecule has 0 aliphatic carbocycles. The lowest BCUT2D eigenvalue weighted by Crippen LogP contribution is -2.20. The normalized spacial score (nSPS) is 13.3. The van der Waals surface area contributed by atoms with E-state index in [9.17, 15) is 9.90 Å². The first-order valence-corrected chi connectivity index (χ1v) is 7.62. The first-order valence-electron chi connectivity index (χ1n) is 7.62. The lowest BCUT2D eigenvalue weighted by Gasteiger charge is -2.21. The third-order valence-corrected chi connectivity index (χ3v) is 3.41. The highest BCUT2D eigenvalue weighted by molar-refractivity contribution is 5.88. The van der Waals surface area contributed by atoms with Gasteiger partial charge in [0.1, 0.15) is 5.82 Å². The molecule has 0 radical (unpaired) electrons. The zero-order chi connectivity index (χ0) is 16.2. The van der Waals surface area contributed by atoms with Crippen LogP contribution >= 0.6 is 0 Å². The monoisotopic (exact) mass is 292 g/mol. The van der Waals surface area contributed by atoms with Crippen LogP contribution in [0.25, 0.3) is 0 Å². The van der Waals surface area contributed by atoms with Gasteiger partial charge in [-0.2, -0.15) is 0 Å². The number of nitrogens with one attached hydrogen (secondary N) is 1. The van der Waals surface area contributed by atoms with E-state index in [0.717, 1.165) is 18.5 Å². The molecule has 1 rings (SSSR count). The van der Waals surface area contributed by atoms with Crippen molar-refractivity contribution in [2.75, 3.05) is 5.32 Å². The van der Waals surface area contributed by atoms with Gasteiger partial charge >= 0.3 is 5.97 Å². The minimum atomic E-state index is -0.916. The van der Waals surface area contributed by atoms with Crippen molar-refractivity contribution in [1.82, 2.24) is 4.98 Å². The highest BCUT2D eigenvalue weighted by Crippen LogP contribution is 2.24. The first-order chi connectivity index (χ1) is 9.59. The van der Waals surface area contributed by atoms with Gasteiger partial charge in [-0.15, -0.1) is 0 Å². The van der Waals surface area contributed by atoms with Gasteiger partial charge in [-0.1, -0.05) is 34.6 Å².